The number of nitrogens with zero attached hydrogens (tertiary/aromatic N) is 1. The Kier molecular flexibility index (Phi) is 2.64. The number of rotatable bonds is 1. The molecule has 1 aliphatic heterocycles. The molecule has 1 unspecified atom stereocenters. The fourth-order valence-corrected chi connectivity index (χ4v) is 2.34. The molecule has 0 radical (unpaired) electrons. The number of carbonyl (C=O) groups excluding carboxylic acids is 1. The smallest absolute Gasteiger partial charge is 0.293 e. The first-order valence-electron chi connectivity index (χ1n) is 5.97. The molecule has 1 aliphatic rings. The number of furan rings is 1. The molecule has 2 N–H and O–H groups in total. The molecule has 2 heterocycles. The maximum Gasteiger partial charge on any atom is 0.293 e. The van der Waals surface area contributed by atoms with E-state index in [1.165, 1.54) is 6.26 Å². The van der Waals surface area contributed by atoms with Crippen LogP contribution in [0.2, 0.25) is 0 Å². The van der Waals surface area contributed by atoms with E-state index in [9.17, 15) is 4.79 Å². The van der Waals surface area contributed by atoms with E-state index in [-0.39, 0.29) is 11.9 Å². The maximum atomic E-state index is 12.3. The van der Waals surface area contributed by atoms with Crippen molar-refractivity contribution < 1.29 is 9.21 Å². The van der Waals surface area contributed by atoms with Crippen LogP contribution in [0.1, 0.15) is 28.6 Å². The van der Waals surface area contributed by atoms with Crippen LogP contribution < -0.4 is 10.6 Å². The first-order chi connectivity index (χ1) is 8.77. The maximum absolute atomic E-state index is 12.3. The molecule has 0 bridgehead atoms. The Bertz CT molecular complexity index is 563. The van der Waals surface area contributed by atoms with Gasteiger partial charge in [-0.1, -0.05) is 18.2 Å². The van der Waals surface area contributed by atoms with Crippen LogP contribution in [0.15, 0.2) is 47.1 Å². The van der Waals surface area contributed by atoms with Crippen LogP contribution in [0, 0.1) is 0 Å². The Morgan fingerprint density at radius 2 is 2.11 bits per heavy atom. The highest BCUT2D eigenvalue weighted by Crippen LogP contribution is 2.32. The highest BCUT2D eigenvalue weighted by molar-refractivity contribution is 6.04. The lowest BCUT2D eigenvalue weighted by atomic mass is 9.97. The van der Waals surface area contributed by atoms with Crippen molar-refractivity contribution in [3.8, 4) is 0 Å². The average molecular weight is 242 g/mol. The molecular formula is C14H14N2O2. The van der Waals surface area contributed by atoms with Gasteiger partial charge in [-0.05, 0) is 30.2 Å². The summed E-state index contributed by atoms with van der Waals surface area (Å²) in [4.78, 5) is 14.1. The Hall–Kier alpha value is -2.07. The van der Waals surface area contributed by atoms with Gasteiger partial charge in [0.1, 0.15) is 0 Å². The van der Waals surface area contributed by atoms with E-state index in [2.05, 4.69) is 0 Å². The number of carbonyl (C=O) groups is 1. The number of fused-ring (bicyclic) bond motifs is 1. The lowest BCUT2D eigenvalue weighted by molar-refractivity contribution is 0.0957. The highest BCUT2D eigenvalue weighted by atomic mass is 16.3. The second-order valence-corrected chi connectivity index (χ2v) is 4.39. The van der Waals surface area contributed by atoms with E-state index in [1.807, 2.05) is 24.3 Å². The summed E-state index contributed by atoms with van der Waals surface area (Å²) in [5.74, 6) is 0.250. The third kappa shape index (κ3) is 1.71. The quantitative estimate of drug-likeness (QED) is 0.834. The summed E-state index contributed by atoms with van der Waals surface area (Å²) in [7, 11) is 0. The van der Waals surface area contributed by atoms with Crippen LogP contribution in [-0.2, 0) is 0 Å². The predicted octanol–water partition coefficient (Wildman–Crippen LogP) is 2.33. The molecule has 18 heavy (non-hydrogen) atoms. The third-order valence-electron chi connectivity index (χ3n) is 3.27. The van der Waals surface area contributed by atoms with Gasteiger partial charge in [0.25, 0.3) is 5.91 Å². The molecule has 1 amide bonds. The monoisotopic (exact) mass is 242 g/mol. The van der Waals surface area contributed by atoms with Crippen molar-refractivity contribution in [1.29, 1.82) is 0 Å². The van der Waals surface area contributed by atoms with Crippen LogP contribution in [0.25, 0.3) is 0 Å². The zero-order valence-electron chi connectivity index (χ0n) is 9.87. The Morgan fingerprint density at radius 3 is 2.89 bits per heavy atom. The van der Waals surface area contributed by atoms with E-state index in [4.69, 9.17) is 10.2 Å². The van der Waals surface area contributed by atoms with Crippen molar-refractivity contribution in [2.75, 3.05) is 11.4 Å². The van der Waals surface area contributed by atoms with Crippen molar-refractivity contribution in [2.24, 2.45) is 5.73 Å². The van der Waals surface area contributed by atoms with Gasteiger partial charge in [0.05, 0.1) is 6.26 Å². The number of para-hydroxylation sites is 1. The largest absolute Gasteiger partial charge is 0.459 e. The van der Waals surface area contributed by atoms with Crippen LogP contribution in [-0.4, -0.2) is 12.5 Å². The topological polar surface area (TPSA) is 59.5 Å². The summed E-state index contributed by atoms with van der Waals surface area (Å²) in [5, 5.41) is 0. The van der Waals surface area contributed by atoms with Gasteiger partial charge < -0.3 is 15.1 Å². The molecule has 1 aromatic carbocycles. The number of hydrogen-bond donors (Lipinski definition) is 1. The Labute approximate surface area is 105 Å². The minimum atomic E-state index is -0.112. The normalized spacial score (nSPS) is 18.5. The SMILES string of the molecule is NC1CCN(C(=O)c2ccco2)c2ccccc21. The van der Waals surface area contributed by atoms with E-state index in [1.54, 1.807) is 17.0 Å². The molecular weight excluding hydrogens is 228 g/mol. The summed E-state index contributed by atoms with van der Waals surface area (Å²) in [6.45, 7) is 0.623. The van der Waals surface area contributed by atoms with Crippen molar-refractivity contribution in [1.82, 2.24) is 0 Å². The van der Waals surface area contributed by atoms with Crippen molar-refractivity contribution in [3.63, 3.8) is 0 Å². The van der Waals surface area contributed by atoms with Gasteiger partial charge in [0, 0.05) is 18.3 Å². The van der Waals surface area contributed by atoms with Crippen molar-refractivity contribution >= 4 is 11.6 Å². The van der Waals surface area contributed by atoms with Crippen LogP contribution in [0.4, 0.5) is 5.69 Å². The summed E-state index contributed by atoms with van der Waals surface area (Å²) >= 11 is 0. The van der Waals surface area contributed by atoms with Crippen LogP contribution >= 0.6 is 0 Å². The van der Waals surface area contributed by atoms with E-state index >= 15 is 0 Å². The molecule has 4 heteroatoms. The molecule has 0 fully saturated rings. The van der Waals surface area contributed by atoms with Gasteiger partial charge in [-0.15, -0.1) is 0 Å². The number of anilines is 1. The molecule has 0 aliphatic carbocycles. The first kappa shape index (κ1) is 11.0. The molecule has 3 rings (SSSR count). The summed E-state index contributed by atoms with van der Waals surface area (Å²) in [5.41, 5.74) is 7.97. The van der Waals surface area contributed by atoms with Crippen molar-refractivity contribution in [2.45, 2.75) is 12.5 Å². The third-order valence-corrected chi connectivity index (χ3v) is 3.27. The summed E-state index contributed by atoms with van der Waals surface area (Å²) < 4.78 is 5.17. The molecule has 1 aromatic heterocycles. The van der Waals surface area contributed by atoms with Gasteiger partial charge in [0.2, 0.25) is 0 Å². The number of nitrogens with two attached hydrogens (primary N) is 1. The van der Waals surface area contributed by atoms with Gasteiger partial charge in [-0.3, -0.25) is 4.79 Å². The standard InChI is InChI=1S/C14H14N2O2/c15-11-7-8-16(12-5-2-1-4-10(11)12)14(17)13-6-3-9-18-13/h1-6,9,11H,7-8,15H2. The number of hydrogen-bond acceptors (Lipinski definition) is 3. The zero-order chi connectivity index (χ0) is 12.5. The molecule has 0 spiro atoms. The number of benzene rings is 1. The molecule has 1 atom stereocenters. The fourth-order valence-electron chi connectivity index (χ4n) is 2.34. The van der Waals surface area contributed by atoms with Crippen LogP contribution in [0.5, 0.6) is 0 Å². The molecule has 4 nitrogen and oxygen atoms in total. The second-order valence-electron chi connectivity index (χ2n) is 4.39. The molecule has 2 aromatic rings. The second kappa shape index (κ2) is 4.31. The fraction of sp³-hybridized carbons (Fsp3) is 0.214. The van der Waals surface area contributed by atoms with Crippen molar-refractivity contribution in [3.05, 3.63) is 54.0 Å². The molecule has 0 saturated heterocycles. The van der Waals surface area contributed by atoms with Gasteiger partial charge in [-0.2, -0.15) is 0 Å². The van der Waals surface area contributed by atoms with E-state index in [0.29, 0.717) is 12.3 Å². The summed E-state index contributed by atoms with van der Waals surface area (Å²) in [6, 6.07) is 11.2. The molecule has 0 saturated carbocycles. The van der Waals surface area contributed by atoms with Crippen LogP contribution in [0.3, 0.4) is 0 Å². The van der Waals surface area contributed by atoms with Gasteiger partial charge in [0.15, 0.2) is 5.76 Å². The lowest BCUT2D eigenvalue weighted by Crippen LogP contribution is -2.38. The predicted molar refractivity (Wildman–Crippen MR) is 68.4 cm³/mol. The number of amides is 1. The first-order valence-corrected chi connectivity index (χ1v) is 5.97. The van der Waals surface area contributed by atoms with Gasteiger partial charge in [-0.25, -0.2) is 0 Å². The van der Waals surface area contributed by atoms with Gasteiger partial charge >= 0.3 is 0 Å². The highest BCUT2D eigenvalue weighted by Gasteiger charge is 2.28. The Balaban J connectivity index is 2.00. The summed E-state index contributed by atoms with van der Waals surface area (Å²) in [6.07, 6.45) is 2.28. The molecule has 92 valence electrons. The Morgan fingerprint density at radius 1 is 1.28 bits per heavy atom. The minimum absolute atomic E-state index is 0.00171. The minimum Gasteiger partial charge on any atom is -0.459 e. The lowest BCUT2D eigenvalue weighted by Gasteiger charge is -2.32. The van der Waals surface area contributed by atoms with E-state index < -0.39 is 0 Å². The zero-order valence-corrected chi connectivity index (χ0v) is 9.87. The average Bonchev–Trinajstić information content (AvgIpc) is 2.93. The van der Waals surface area contributed by atoms with E-state index in [0.717, 1.165) is 17.7 Å².